The summed E-state index contributed by atoms with van der Waals surface area (Å²) in [7, 11) is 0. The lowest BCUT2D eigenvalue weighted by atomic mass is 10.1. The zero-order chi connectivity index (χ0) is 21.2. The van der Waals surface area contributed by atoms with Gasteiger partial charge in [0, 0.05) is 24.8 Å². The van der Waals surface area contributed by atoms with Crippen LogP contribution in [0, 0.1) is 5.82 Å². The topological polar surface area (TPSA) is 76.2 Å². The van der Waals surface area contributed by atoms with Crippen LogP contribution in [0.25, 0.3) is 22.6 Å². The van der Waals surface area contributed by atoms with Gasteiger partial charge in [-0.05, 0) is 55.2 Å². The van der Waals surface area contributed by atoms with Gasteiger partial charge in [-0.15, -0.1) is 0 Å². The first kappa shape index (κ1) is 19.8. The van der Waals surface area contributed by atoms with E-state index in [0.29, 0.717) is 36.4 Å². The lowest BCUT2D eigenvalue weighted by Gasteiger charge is -2.26. The third kappa shape index (κ3) is 4.22. The van der Waals surface area contributed by atoms with Crippen LogP contribution in [-0.2, 0) is 9.47 Å². The Labute approximate surface area is 180 Å². The first-order chi connectivity index (χ1) is 15.2. The molecule has 8 heteroatoms. The molecule has 160 valence electrons. The van der Waals surface area contributed by atoms with Gasteiger partial charge in [0.1, 0.15) is 5.82 Å². The molecule has 0 radical (unpaired) electrons. The third-order valence-electron chi connectivity index (χ3n) is 5.48. The number of H-pyrrole nitrogens is 1. The Morgan fingerprint density at radius 1 is 1.00 bits per heavy atom. The van der Waals surface area contributed by atoms with E-state index < -0.39 is 6.29 Å². The van der Waals surface area contributed by atoms with Crippen LogP contribution in [0.15, 0.2) is 48.7 Å². The van der Waals surface area contributed by atoms with E-state index in [1.807, 2.05) is 6.07 Å². The Balaban J connectivity index is 1.55. The molecule has 1 aromatic carbocycles. The van der Waals surface area contributed by atoms with E-state index >= 15 is 0 Å². The molecule has 0 bridgehead atoms. The van der Waals surface area contributed by atoms with Crippen molar-refractivity contribution in [2.45, 2.75) is 25.6 Å². The molecule has 4 heterocycles. The fraction of sp³-hybridized carbons (Fsp3) is 0.348. The normalized spacial score (nSPS) is 17.8. The summed E-state index contributed by atoms with van der Waals surface area (Å²) in [5.74, 6) is 0.952. The molecule has 5 rings (SSSR count). The minimum atomic E-state index is -0.623. The summed E-state index contributed by atoms with van der Waals surface area (Å²) in [4.78, 5) is 19.6. The number of rotatable bonds is 4. The minimum Gasteiger partial charge on any atom is -0.341 e. The Kier molecular flexibility index (Phi) is 5.48. The summed E-state index contributed by atoms with van der Waals surface area (Å²) in [5, 5.41) is 0. The lowest BCUT2D eigenvalue weighted by Crippen LogP contribution is -2.31. The summed E-state index contributed by atoms with van der Waals surface area (Å²) < 4.78 is 25.0. The van der Waals surface area contributed by atoms with Crippen molar-refractivity contribution in [1.29, 1.82) is 0 Å². The number of hydrogen-bond acceptors (Lipinski definition) is 6. The second kappa shape index (κ2) is 8.56. The van der Waals surface area contributed by atoms with E-state index in [4.69, 9.17) is 19.4 Å². The summed E-state index contributed by atoms with van der Waals surface area (Å²) in [5.41, 5.74) is 3.75. The molecular weight excluding hydrogens is 397 g/mol. The predicted molar refractivity (Wildman–Crippen MR) is 115 cm³/mol. The highest BCUT2D eigenvalue weighted by molar-refractivity contribution is 5.77. The van der Waals surface area contributed by atoms with Crippen LogP contribution in [0.3, 0.4) is 0 Å². The second-order valence-electron chi connectivity index (χ2n) is 7.85. The van der Waals surface area contributed by atoms with Gasteiger partial charge in [0.25, 0.3) is 0 Å². The molecule has 2 aliphatic rings. The number of hydrogen-bond donors (Lipinski definition) is 1. The predicted octanol–water partition coefficient (Wildman–Crippen LogP) is 4.26. The fourth-order valence-electron chi connectivity index (χ4n) is 3.87. The first-order valence-electron chi connectivity index (χ1n) is 10.5. The monoisotopic (exact) mass is 421 g/mol. The molecule has 7 nitrogen and oxygen atoms in total. The van der Waals surface area contributed by atoms with Gasteiger partial charge >= 0.3 is 0 Å². The van der Waals surface area contributed by atoms with E-state index in [1.165, 1.54) is 18.6 Å². The number of aromatic amines is 1. The first-order valence-corrected chi connectivity index (χ1v) is 10.5. The van der Waals surface area contributed by atoms with Gasteiger partial charge in [0.05, 0.1) is 30.3 Å². The van der Waals surface area contributed by atoms with Crippen molar-refractivity contribution in [1.82, 2.24) is 19.9 Å². The van der Waals surface area contributed by atoms with Crippen molar-refractivity contribution < 1.29 is 13.9 Å². The molecule has 2 aliphatic heterocycles. The molecule has 2 fully saturated rings. The lowest BCUT2D eigenvalue weighted by molar-refractivity contribution is -0.165. The van der Waals surface area contributed by atoms with E-state index in [9.17, 15) is 4.39 Å². The number of ether oxygens (including phenoxy) is 2. The van der Waals surface area contributed by atoms with Crippen LogP contribution < -0.4 is 4.90 Å². The highest BCUT2D eigenvalue weighted by Gasteiger charge is 2.25. The number of nitrogens with zero attached hydrogens (tertiary/aromatic N) is 4. The standard InChI is InChI=1S/C23H24FN5O2/c1-15-13-30-22(31-14-15)21-27-19(16-5-7-17(24)8-6-16)20(28-21)18-9-10-25-23(26-18)29-11-3-2-4-12-29/h5-10,22H,1-4,11-14H2,(H,27,28). The number of piperidine rings is 1. The van der Waals surface area contributed by atoms with E-state index in [-0.39, 0.29) is 5.82 Å². The number of halogens is 1. The Morgan fingerprint density at radius 3 is 2.48 bits per heavy atom. The van der Waals surface area contributed by atoms with Crippen molar-refractivity contribution in [3.05, 3.63) is 60.3 Å². The van der Waals surface area contributed by atoms with E-state index in [1.54, 1.807) is 18.3 Å². The number of benzene rings is 1. The average molecular weight is 421 g/mol. The fourth-order valence-corrected chi connectivity index (χ4v) is 3.87. The molecule has 0 spiro atoms. The molecule has 2 saturated heterocycles. The third-order valence-corrected chi connectivity index (χ3v) is 5.48. The summed E-state index contributed by atoms with van der Waals surface area (Å²) in [6.45, 7) is 6.63. The van der Waals surface area contributed by atoms with Gasteiger partial charge in [0.15, 0.2) is 5.82 Å². The van der Waals surface area contributed by atoms with E-state index in [0.717, 1.165) is 42.8 Å². The summed E-state index contributed by atoms with van der Waals surface area (Å²) >= 11 is 0. The van der Waals surface area contributed by atoms with Crippen molar-refractivity contribution in [3.63, 3.8) is 0 Å². The highest BCUT2D eigenvalue weighted by Crippen LogP contribution is 2.33. The quantitative estimate of drug-likeness (QED) is 0.634. The average Bonchev–Trinajstić information content (AvgIpc) is 3.26. The second-order valence-corrected chi connectivity index (χ2v) is 7.85. The molecule has 31 heavy (non-hydrogen) atoms. The van der Waals surface area contributed by atoms with Gasteiger partial charge in [-0.3, -0.25) is 0 Å². The molecule has 0 atom stereocenters. The molecule has 0 saturated carbocycles. The van der Waals surface area contributed by atoms with Crippen LogP contribution in [0.4, 0.5) is 10.3 Å². The van der Waals surface area contributed by atoms with Gasteiger partial charge in [-0.25, -0.2) is 19.3 Å². The molecule has 1 N–H and O–H groups in total. The maximum atomic E-state index is 13.5. The molecule has 0 amide bonds. The molecule has 0 aliphatic carbocycles. The number of anilines is 1. The number of imidazole rings is 1. The van der Waals surface area contributed by atoms with Crippen LogP contribution in [0.2, 0.25) is 0 Å². The molecule has 0 unspecified atom stereocenters. The number of nitrogens with one attached hydrogen (secondary N) is 1. The van der Waals surface area contributed by atoms with Crippen LogP contribution >= 0.6 is 0 Å². The van der Waals surface area contributed by atoms with Crippen molar-refractivity contribution in [2.24, 2.45) is 0 Å². The maximum Gasteiger partial charge on any atom is 0.225 e. The van der Waals surface area contributed by atoms with Crippen molar-refractivity contribution in [3.8, 4) is 22.6 Å². The molecular formula is C23H24FN5O2. The van der Waals surface area contributed by atoms with Crippen molar-refractivity contribution >= 4 is 5.95 Å². The molecule has 2 aromatic heterocycles. The van der Waals surface area contributed by atoms with Gasteiger partial charge in [-0.1, -0.05) is 6.58 Å². The Morgan fingerprint density at radius 2 is 1.74 bits per heavy atom. The van der Waals surface area contributed by atoms with Crippen LogP contribution in [0.1, 0.15) is 31.4 Å². The van der Waals surface area contributed by atoms with Gasteiger partial charge in [0.2, 0.25) is 12.2 Å². The van der Waals surface area contributed by atoms with Crippen LogP contribution in [-0.4, -0.2) is 46.2 Å². The van der Waals surface area contributed by atoms with Crippen molar-refractivity contribution in [2.75, 3.05) is 31.2 Å². The zero-order valence-corrected chi connectivity index (χ0v) is 17.2. The smallest absolute Gasteiger partial charge is 0.225 e. The van der Waals surface area contributed by atoms with Gasteiger partial charge in [-0.2, -0.15) is 0 Å². The largest absolute Gasteiger partial charge is 0.341 e. The Hall–Kier alpha value is -3.10. The zero-order valence-electron chi connectivity index (χ0n) is 17.2. The number of aromatic nitrogens is 4. The summed E-state index contributed by atoms with van der Waals surface area (Å²) in [6.07, 6.45) is 4.66. The minimum absolute atomic E-state index is 0.298. The van der Waals surface area contributed by atoms with Crippen LogP contribution in [0.5, 0.6) is 0 Å². The highest BCUT2D eigenvalue weighted by atomic mass is 19.1. The summed E-state index contributed by atoms with van der Waals surface area (Å²) in [6, 6.07) is 8.10. The Bertz CT molecular complexity index is 1070. The SMILES string of the molecule is C=C1COC(c2nc(-c3ccc(F)cc3)c(-c3ccnc(N4CCCCC4)n3)[nH]2)OC1. The van der Waals surface area contributed by atoms with E-state index in [2.05, 4.69) is 21.4 Å². The maximum absolute atomic E-state index is 13.5. The van der Waals surface area contributed by atoms with Gasteiger partial charge < -0.3 is 19.4 Å². The molecule has 3 aromatic rings.